The first kappa shape index (κ1) is 15.5. The first-order chi connectivity index (χ1) is 10.6. The van der Waals surface area contributed by atoms with Gasteiger partial charge in [-0.05, 0) is 32.7 Å². The number of rotatable bonds is 4. The number of carbonyl (C=O) groups is 1. The number of nitrogens with one attached hydrogen (secondary N) is 1. The van der Waals surface area contributed by atoms with Crippen LogP contribution in [-0.4, -0.2) is 59.1 Å². The maximum Gasteiger partial charge on any atom is 0.242 e. The number of hydrogen-bond acceptors (Lipinski definition) is 5. The molecule has 1 unspecified atom stereocenters. The number of piperazine rings is 1. The van der Waals surface area contributed by atoms with E-state index in [1.807, 2.05) is 17.9 Å². The summed E-state index contributed by atoms with van der Waals surface area (Å²) in [6, 6.07) is 1.98. The second-order valence-electron chi connectivity index (χ2n) is 6.47. The predicted molar refractivity (Wildman–Crippen MR) is 83.4 cm³/mol. The Bertz CT molecular complexity index is 514. The van der Waals surface area contributed by atoms with Crippen molar-refractivity contribution in [2.45, 2.75) is 45.2 Å². The molecule has 1 aromatic heterocycles. The lowest BCUT2D eigenvalue weighted by molar-refractivity contribution is -0.140. The average Bonchev–Trinajstić information content (AvgIpc) is 3.17. The van der Waals surface area contributed by atoms with Crippen LogP contribution in [0.5, 0.6) is 0 Å². The molecule has 0 radical (unpaired) electrons. The van der Waals surface area contributed by atoms with Crippen molar-refractivity contribution in [2.75, 3.05) is 32.7 Å². The van der Waals surface area contributed by atoms with Crippen LogP contribution < -0.4 is 5.32 Å². The molecule has 3 rings (SSSR count). The monoisotopic (exact) mass is 306 g/mol. The largest absolute Gasteiger partial charge is 0.360 e. The van der Waals surface area contributed by atoms with Crippen LogP contribution in [0.3, 0.4) is 0 Å². The molecular weight excluding hydrogens is 280 g/mol. The molecule has 0 saturated carbocycles. The van der Waals surface area contributed by atoms with E-state index in [2.05, 4.69) is 22.3 Å². The van der Waals surface area contributed by atoms with Gasteiger partial charge in [-0.1, -0.05) is 12.1 Å². The molecule has 0 bridgehead atoms. The van der Waals surface area contributed by atoms with Gasteiger partial charge in [0.2, 0.25) is 5.91 Å². The topological polar surface area (TPSA) is 61.6 Å². The molecule has 0 spiro atoms. The molecular formula is C16H26N4O2. The van der Waals surface area contributed by atoms with Crippen molar-refractivity contribution in [3.8, 4) is 0 Å². The Morgan fingerprint density at radius 3 is 2.73 bits per heavy atom. The van der Waals surface area contributed by atoms with Gasteiger partial charge in [0.05, 0.1) is 17.8 Å². The van der Waals surface area contributed by atoms with E-state index in [1.165, 1.54) is 0 Å². The van der Waals surface area contributed by atoms with Gasteiger partial charge >= 0.3 is 0 Å². The van der Waals surface area contributed by atoms with Gasteiger partial charge in [-0.3, -0.25) is 9.69 Å². The van der Waals surface area contributed by atoms with Gasteiger partial charge in [-0.25, -0.2) is 0 Å². The molecule has 1 N–H and O–H groups in total. The van der Waals surface area contributed by atoms with E-state index in [0.29, 0.717) is 5.91 Å². The van der Waals surface area contributed by atoms with Crippen LogP contribution in [0.2, 0.25) is 0 Å². The summed E-state index contributed by atoms with van der Waals surface area (Å²) in [7, 11) is 0. The van der Waals surface area contributed by atoms with Crippen LogP contribution in [0.4, 0.5) is 0 Å². The van der Waals surface area contributed by atoms with Gasteiger partial charge in [0.25, 0.3) is 0 Å². The lowest BCUT2D eigenvalue weighted by Crippen LogP contribution is -2.58. The Kier molecular flexibility index (Phi) is 4.49. The second kappa shape index (κ2) is 6.38. The summed E-state index contributed by atoms with van der Waals surface area (Å²) in [5, 5.41) is 7.37. The van der Waals surface area contributed by atoms with E-state index in [-0.39, 0.29) is 5.54 Å². The summed E-state index contributed by atoms with van der Waals surface area (Å²) in [5.41, 5.74) is 0.616. The molecule has 0 aliphatic carbocycles. The third kappa shape index (κ3) is 3.03. The highest BCUT2D eigenvalue weighted by Crippen LogP contribution is 2.26. The number of carbonyl (C=O) groups excluding carboxylic acids is 1. The van der Waals surface area contributed by atoms with Crippen molar-refractivity contribution >= 4 is 5.91 Å². The summed E-state index contributed by atoms with van der Waals surface area (Å²) in [6.45, 7) is 9.17. The Morgan fingerprint density at radius 2 is 2.18 bits per heavy atom. The molecule has 2 saturated heterocycles. The van der Waals surface area contributed by atoms with Crippen molar-refractivity contribution in [3.63, 3.8) is 0 Å². The summed E-state index contributed by atoms with van der Waals surface area (Å²) < 4.78 is 5.27. The van der Waals surface area contributed by atoms with Crippen LogP contribution in [0, 0.1) is 6.92 Å². The highest BCUT2D eigenvalue weighted by molar-refractivity contribution is 5.86. The zero-order valence-electron chi connectivity index (χ0n) is 13.6. The van der Waals surface area contributed by atoms with Crippen LogP contribution in [0.15, 0.2) is 10.6 Å². The zero-order valence-corrected chi connectivity index (χ0v) is 13.6. The molecule has 1 amide bonds. The molecule has 1 atom stereocenters. The summed E-state index contributed by atoms with van der Waals surface area (Å²) in [6.07, 6.45) is 2.95. The summed E-state index contributed by atoms with van der Waals surface area (Å²) in [4.78, 5) is 17.2. The number of hydrogen-bond donors (Lipinski definition) is 1. The Balaban J connectivity index is 1.54. The predicted octanol–water partition coefficient (Wildman–Crippen LogP) is 1.16. The molecule has 1 aromatic rings. The molecule has 2 aliphatic rings. The van der Waals surface area contributed by atoms with Gasteiger partial charge in [-0.15, -0.1) is 0 Å². The van der Waals surface area contributed by atoms with Gasteiger partial charge in [0.15, 0.2) is 5.76 Å². The number of nitrogens with zero attached hydrogens (tertiary/aromatic N) is 3. The Hall–Kier alpha value is -1.40. The molecule has 3 heterocycles. The molecule has 2 aliphatic heterocycles. The maximum absolute atomic E-state index is 12.8. The van der Waals surface area contributed by atoms with Crippen LogP contribution in [0.1, 0.15) is 37.6 Å². The molecule has 122 valence electrons. The maximum atomic E-state index is 12.8. The van der Waals surface area contributed by atoms with Crippen LogP contribution in [-0.2, 0) is 11.3 Å². The minimum atomic E-state index is -0.301. The van der Waals surface area contributed by atoms with E-state index in [0.717, 1.165) is 70.0 Å². The highest BCUT2D eigenvalue weighted by Gasteiger charge is 2.42. The van der Waals surface area contributed by atoms with Crippen molar-refractivity contribution in [1.82, 2.24) is 20.3 Å². The van der Waals surface area contributed by atoms with Crippen LogP contribution in [0.25, 0.3) is 0 Å². The summed E-state index contributed by atoms with van der Waals surface area (Å²) >= 11 is 0. The van der Waals surface area contributed by atoms with Crippen LogP contribution >= 0.6 is 0 Å². The van der Waals surface area contributed by atoms with Crippen molar-refractivity contribution in [1.29, 1.82) is 0 Å². The fourth-order valence-corrected chi connectivity index (χ4v) is 3.56. The van der Waals surface area contributed by atoms with Crippen molar-refractivity contribution < 1.29 is 9.32 Å². The van der Waals surface area contributed by atoms with E-state index < -0.39 is 0 Å². The number of amides is 1. The second-order valence-corrected chi connectivity index (χ2v) is 6.47. The summed E-state index contributed by atoms with van der Waals surface area (Å²) in [5.74, 6) is 1.20. The molecule has 6 heteroatoms. The van der Waals surface area contributed by atoms with Gasteiger partial charge in [0.1, 0.15) is 0 Å². The normalized spacial score (nSPS) is 26.5. The lowest BCUT2D eigenvalue weighted by Gasteiger charge is -2.39. The van der Waals surface area contributed by atoms with Gasteiger partial charge < -0.3 is 14.7 Å². The van der Waals surface area contributed by atoms with Crippen molar-refractivity contribution in [2.24, 2.45) is 0 Å². The molecule has 6 nitrogen and oxygen atoms in total. The fourth-order valence-electron chi connectivity index (χ4n) is 3.56. The van der Waals surface area contributed by atoms with E-state index >= 15 is 0 Å². The quantitative estimate of drug-likeness (QED) is 0.904. The standard InChI is InChI=1S/C16H26N4O2/c1-3-16(5-4-6-17-16)15(21)20-9-7-19(8-10-20)12-14-11-13(2)18-22-14/h11,17H,3-10,12H2,1-2H3. The Labute approximate surface area is 131 Å². The first-order valence-electron chi connectivity index (χ1n) is 8.32. The highest BCUT2D eigenvalue weighted by atomic mass is 16.5. The van der Waals surface area contributed by atoms with Gasteiger partial charge in [-0.2, -0.15) is 0 Å². The minimum absolute atomic E-state index is 0.294. The third-order valence-electron chi connectivity index (χ3n) is 4.97. The number of aryl methyl sites for hydroxylation is 1. The SMILES string of the molecule is CCC1(C(=O)N2CCN(Cc3cc(C)no3)CC2)CCCN1. The molecule has 2 fully saturated rings. The van der Waals surface area contributed by atoms with E-state index in [4.69, 9.17) is 4.52 Å². The van der Waals surface area contributed by atoms with E-state index in [9.17, 15) is 4.79 Å². The lowest BCUT2D eigenvalue weighted by atomic mass is 9.92. The smallest absolute Gasteiger partial charge is 0.242 e. The zero-order chi connectivity index (χ0) is 15.6. The first-order valence-corrected chi connectivity index (χ1v) is 8.32. The Morgan fingerprint density at radius 1 is 1.41 bits per heavy atom. The van der Waals surface area contributed by atoms with E-state index in [1.54, 1.807) is 0 Å². The fraction of sp³-hybridized carbons (Fsp3) is 0.750. The minimum Gasteiger partial charge on any atom is -0.360 e. The average molecular weight is 306 g/mol. The number of aromatic nitrogens is 1. The molecule has 22 heavy (non-hydrogen) atoms. The van der Waals surface area contributed by atoms with Gasteiger partial charge in [0, 0.05) is 32.2 Å². The molecule has 0 aromatic carbocycles. The third-order valence-corrected chi connectivity index (χ3v) is 4.97. The van der Waals surface area contributed by atoms with Crippen molar-refractivity contribution in [3.05, 3.63) is 17.5 Å².